The fourth-order valence-electron chi connectivity index (χ4n) is 3.40. The van der Waals surface area contributed by atoms with Crippen molar-refractivity contribution >= 4 is 44.2 Å². The van der Waals surface area contributed by atoms with Crippen LogP contribution < -0.4 is 10.5 Å². The Labute approximate surface area is 179 Å². The Morgan fingerprint density at radius 2 is 1.67 bits per heavy atom. The van der Waals surface area contributed by atoms with E-state index in [9.17, 15) is 17.6 Å². The van der Waals surface area contributed by atoms with E-state index in [1.807, 2.05) is 39.8 Å². The van der Waals surface area contributed by atoms with Crippen molar-refractivity contribution in [2.24, 2.45) is 5.14 Å². The van der Waals surface area contributed by atoms with Gasteiger partial charge in [0.25, 0.3) is 0 Å². The zero-order chi connectivity index (χ0) is 22.4. The van der Waals surface area contributed by atoms with Crippen LogP contribution in [0, 0.1) is 5.82 Å². The van der Waals surface area contributed by atoms with Crippen LogP contribution in [0.3, 0.4) is 0 Å². The van der Waals surface area contributed by atoms with Gasteiger partial charge in [-0.05, 0) is 53.3 Å². The topological polar surface area (TPSA) is 94.2 Å². The van der Waals surface area contributed by atoms with Gasteiger partial charge in [0.1, 0.15) is 10.7 Å². The quantitative estimate of drug-likeness (QED) is 0.555. The number of fused-ring (bicyclic) bond motifs is 1. The van der Waals surface area contributed by atoms with E-state index in [1.165, 1.54) is 16.8 Å². The summed E-state index contributed by atoms with van der Waals surface area (Å²) in [5.74, 6) is -0.771. The first-order valence-corrected chi connectivity index (χ1v) is 11.3. The highest BCUT2D eigenvalue weighted by atomic mass is 35.5. The van der Waals surface area contributed by atoms with Gasteiger partial charge in [-0.3, -0.25) is 4.57 Å². The SMILES string of the molecule is CC(C)c1cc(Cl)cc(C(C)C)c1NC(=O)n1ccc2cc(F)c(S(N)(=O)=O)cc21. The first-order chi connectivity index (χ1) is 13.9. The van der Waals surface area contributed by atoms with Crippen molar-refractivity contribution in [2.75, 3.05) is 5.32 Å². The second-order valence-corrected chi connectivity index (χ2v) is 9.74. The number of nitrogens with two attached hydrogens (primary N) is 1. The number of benzene rings is 2. The van der Waals surface area contributed by atoms with Crippen molar-refractivity contribution in [3.05, 3.63) is 58.5 Å². The lowest BCUT2D eigenvalue weighted by atomic mass is 9.92. The first kappa shape index (κ1) is 22.3. The van der Waals surface area contributed by atoms with Crippen molar-refractivity contribution in [3.63, 3.8) is 0 Å². The number of hydrogen-bond acceptors (Lipinski definition) is 3. The molecule has 0 aliphatic carbocycles. The summed E-state index contributed by atoms with van der Waals surface area (Å²) in [6.45, 7) is 7.99. The lowest BCUT2D eigenvalue weighted by Gasteiger charge is -2.21. The van der Waals surface area contributed by atoms with Crippen LogP contribution in [0.25, 0.3) is 10.9 Å². The van der Waals surface area contributed by atoms with Gasteiger partial charge in [-0.25, -0.2) is 22.7 Å². The first-order valence-electron chi connectivity index (χ1n) is 9.38. The van der Waals surface area contributed by atoms with E-state index in [0.29, 0.717) is 16.1 Å². The van der Waals surface area contributed by atoms with Gasteiger partial charge < -0.3 is 5.32 Å². The van der Waals surface area contributed by atoms with Gasteiger partial charge in [0.2, 0.25) is 10.0 Å². The molecule has 0 unspecified atom stereocenters. The van der Waals surface area contributed by atoms with Gasteiger partial charge >= 0.3 is 6.03 Å². The van der Waals surface area contributed by atoms with E-state index in [0.717, 1.165) is 23.3 Å². The molecule has 1 aromatic heterocycles. The van der Waals surface area contributed by atoms with Crippen LogP contribution in [0.1, 0.15) is 50.7 Å². The Balaban J connectivity index is 2.13. The minimum absolute atomic E-state index is 0.0981. The molecule has 0 atom stereocenters. The minimum atomic E-state index is -4.28. The molecule has 1 heterocycles. The number of amides is 1. The Kier molecular flexibility index (Phi) is 5.95. The van der Waals surface area contributed by atoms with Crippen LogP contribution >= 0.6 is 11.6 Å². The lowest BCUT2D eigenvalue weighted by molar-refractivity contribution is 0.254. The van der Waals surface area contributed by atoms with E-state index in [1.54, 1.807) is 0 Å². The summed E-state index contributed by atoms with van der Waals surface area (Å²) in [7, 11) is -4.28. The predicted molar refractivity (Wildman–Crippen MR) is 117 cm³/mol. The highest BCUT2D eigenvalue weighted by Gasteiger charge is 2.21. The van der Waals surface area contributed by atoms with Crippen molar-refractivity contribution in [1.29, 1.82) is 0 Å². The number of nitrogens with zero attached hydrogens (tertiary/aromatic N) is 1. The number of sulfonamides is 1. The van der Waals surface area contributed by atoms with Crippen LogP contribution in [0.15, 0.2) is 41.4 Å². The van der Waals surface area contributed by atoms with Crippen molar-refractivity contribution < 1.29 is 17.6 Å². The normalized spacial score (nSPS) is 12.2. The van der Waals surface area contributed by atoms with E-state index in [-0.39, 0.29) is 17.4 Å². The van der Waals surface area contributed by atoms with Crippen molar-refractivity contribution in [2.45, 2.75) is 44.4 Å². The smallest absolute Gasteiger partial charge is 0.307 e. The fourth-order valence-corrected chi connectivity index (χ4v) is 4.24. The summed E-state index contributed by atoms with van der Waals surface area (Å²) >= 11 is 6.28. The van der Waals surface area contributed by atoms with Gasteiger partial charge in [0.05, 0.1) is 5.52 Å². The number of halogens is 2. The second-order valence-electron chi connectivity index (χ2n) is 7.77. The van der Waals surface area contributed by atoms with Gasteiger partial charge in [0.15, 0.2) is 0 Å². The maximum absolute atomic E-state index is 14.1. The number of carbonyl (C=O) groups excluding carboxylic acids is 1. The molecule has 0 spiro atoms. The highest BCUT2D eigenvalue weighted by Crippen LogP contribution is 2.36. The van der Waals surface area contributed by atoms with Gasteiger partial charge in [-0.2, -0.15) is 0 Å². The molecule has 160 valence electrons. The molecule has 3 rings (SSSR count). The third-order valence-corrected chi connectivity index (χ3v) is 6.05. The van der Waals surface area contributed by atoms with Gasteiger partial charge in [-0.15, -0.1) is 0 Å². The van der Waals surface area contributed by atoms with Crippen LogP contribution in [-0.2, 0) is 10.0 Å². The Hall–Kier alpha value is -2.42. The summed E-state index contributed by atoms with van der Waals surface area (Å²) in [4.78, 5) is 12.4. The molecule has 30 heavy (non-hydrogen) atoms. The zero-order valence-electron chi connectivity index (χ0n) is 17.0. The molecule has 0 fully saturated rings. The number of primary sulfonamides is 1. The Bertz CT molecular complexity index is 1220. The van der Waals surface area contributed by atoms with E-state index in [2.05, 4.69) is 5.32 Å². The number of rotatable bonds is 4. The van der Waals surface area contributed by atoms with E-state index in [4.69, 9.17) is 16.7 Å². The third kappa shape index (κ3) is 4.21. The summed E-state index contributed by atoms with van der Waals surface area (Å²) in [5, 5.41) is 8.98. The average Bonchev–Trinajstić information content (AvgIpc) is 3.03. The Morgan fingerprint density at radius 3 is 2.17 bits per heavy atom. The second kappa shape index (κ2) is 8.02. The zero-order valence-corrected chi connectivity index (χ0v) is 18.6. The molecule has 0 saturated carbocycles. The summed E-state index contributed by atoms with van der Waals surface area (Å²) in [5.41, 5.74) is 2.65. The number of nitrogens with one attached hydrogen (secondary N) is 1. The van der Waals surface area contributed by atoms with Crippen LogP contribution in [0.5, 0.6) is 0 Å². The Morgan fingerprint density at radius 1 is 1.10 bits per heavy atom. The maximum Gasteiger partial charge on any atom is 0.330 e. The molecular weight excluding hydrogens is 429 g/mol. The predicted octanol–water partition coefficient (Wildman–Crippen LogP) is 5.41. The number of carbonyl (C=O) groups is 1. The molecule has 2 aromatic carbocycles. The molecule has 1 amide bonds. The lowest BCUT2D eigenvalue weighted by Crippen LogP contribution is -2.21. The molecular formula is C21H23ClFN3O3S. The van der Waals surface area contributed by atoms with Gasteiger partial charge in [-0.1, -0.05) is 39.3 Å². The van der Waals surface area contributed by atoms with Gasteiger partial charge in [0, 0.05) is 22.3 Å². The molecule has 0 radical (unpaired) electrons. The van der Waals surface area contributed by atoms with E-state index < -0.39 is 26.8 Å². The molecule has 6 nitrogen and oxygen atoms in total. The molecule has 0 aliphatic heterocycles. The van der Waals surface area contributed by atoms with Crippen molar-refractivity contribution in [1.82, 2.24) is 4.57 Å². The molecule has 0 saturated heterocycles. The molecule has 9 heteroatoms. The summed E-state index contributed by atoms with van der Waals surface area (Å²) in [6, 6.07) is 6.75. The fraction of sp³-hybridized carbons (Fsp3) is 0.286. The number of hydrogen-bond donors (Lipinski definition) is 2. The monoisotopic (exact) mass is 451 g/mol. The average molecular weight is 452 g/mol. The number of aromatic nitrogens is 1. The maximum atomic E-state index is 14.1. The minimum Gasteiger partial charge on any atom is -0.307 e. The summed E-state index contributed by atoms with van der Waals surface area (Å²) < 4.78 is 38.7. The molecule has 3 aromatic rings. The number of anilines is 1. The van der Waals surface area contributed by atoms with Crippen LogP contribution in [0.2, 0.25) is 5.02 Å². The van der Waals surface area contributed by atoms with Crippen LogP contribution in [0.4, 0.5) is 14.9 Å². The third-order valence-electron chi connectivity index (χ3n) is 4.91. The van der Waals surface area contributed by atoms with Crippen molar-refractivity contribution in [3.8, 4) is 0 Å². The standard InChI is InChI=1S/C21H23ClFN3O3S/c1-11(2)15-8-14(22)9-16(12(3)4)20(15)25-21(27)26-6-5-13-7-17(23)19(10-18(13)26)30(24,28)29/h5-12H,1-4H3,(H,25,27)(H2,24,28,29). The molecule has 3 N–H and O–H groups in total. The molecule has 0 bridgehead atoms. The van der Waals surface area contributed by atoms with Crippen LogP contribution in [-0.4, -0.2) is 19.0 Å². The molecule has 0 aliphatic rings. The summed E-state index contributed by atoms with van der Waals surface area (Å²) in [6.07, 6.45) is 1.45. The van der Waals surface area contributed by atoms with E-state index >= 15 is 0 Å². The highest BCUT2D eigenvalue weighted by molar-refractivity contribution is 7.89. The largest absolute Gasteiger partial charge is 0.330 e.